The first kappa shape index (κ1) is 36.9. The fraction of sp³-hybridized carbons (Fsp3) is 0.476. The third kappa shape index (κ3) is 7.00. The van der Waals surface area contributed by atoms with Crippen molar-refractivity contribution in [3.8, 4) is 23.7 Å². The normalized spacial score (nSPS) is 24.1. The van der Waals surface area contributed by atoms with Crippen molar-refractivity contribution in [3.63, 3.8) is 0 Å². The molecule has 14 heteroatoms. The number of carbonyl (C=O) groups is 4. The molecule has 2 aromatic carbocycles. The fourth-order valence-electron chi connectivity index (χ4n) is 8.49. The predicted molar refractivity (Wildman–Crippen MR) is 206 cm³/mol. The lowest BCUT2D eigenvalue weighted by Crippen LogP contribution is -2.52. The van der Waals surface area contributed by atoms with Crippen LogP contribution < -0.4 is 10.6 Å². The molecule has 8 atom stereocenters. The van der Waals surface area contributed by atoms with Gasteiger partial charge in [0.05, 0.1) is 48.4 Å². The van der Waals surface area contributed by atoms with Crippen LogP contribution in [-0.2, 0) is 19.1 Å². The highest BCUT2D eigenvalue weighted by molar-refractivity contribution is 5.88. The number of fused-ring (bicyclic) bond motifs is 4. The summed E-state index contributed by atoms with van der Waals surface area (Å²) in [6, 6.07) is 10.0. The number of carbonyl (C=O) groups excluding carboxylic acids is 4. The molecule has 2 saturated heterocycles. The molecule has 2 saturated carbocycles. The van der Waals surface area contributed by atoms with Gasteiger partial charge in [-0.1, -0.05) is 39.5 Å². The van der Waals surface area contributed by atoms with E-state index in [-0.39, 0.29) is 47.8 Å². The number of likely N-dealkylation sites (tertiary alicyclic amines) is 2. The van der Waals surface area contributed by atoms with E-state index in [9.17, 15) is 19.2 Å². The minimum Gasteiger partial charge on any atom is -0.453 e. The van der Waals surface area contributed by atoms with Gasteiger partial charge in [-0.15, -0.1) is 0 Å². The van der Waals surface area contributed by atoms with Crippen molar-refractivity contribution >= 4 is 46.1 Å². The molecule has 0 radical (unpaired) electrons. The number of methoxy groups -OCH3 is 2. The van der Waals surface area contributed by atoms with Crippen LogP contribution in [0.15, 0.2) is 36.4 Å². The van der Waals surface area contributed by atoms with E-state index in [0.717, 1.165) is 70.5 Å². The second-order valence-electron chi connectivity index (χ2n) is 16.0. The molecule has 290 valence electrons. The number of nitrogens with zero attached hydrogens (tertiary/aromatic N) is 4. The molecule has 4 aliphatic rings. The zero-order valence-corrected chi connectivity index (χ0v) is 32.3. The summed E-state index contributed by atoms with van der Waals surface area (Å²) in [5.41, 5.74) is 4.75. The third-order valence-corrected chi connectivity index (χ3v) is 11.6. The lowest BCUT2D eigenvalue weighted by Gasteiger charge is -2.31. The van der Waals surface area contributed by atoms with Gasteiger partial charge in [0.1, 0.15) is 23.7 Å². The number of alkyl carbamates (subject to hydrolysis) is 2. The Morgan fingerprint density at radius 1 is 0.679 bits per heavy atom. The number of amides is 4. The number of benzene rings is 2. The number of rotatable bonds is 8. The van der Waals surface area contributed by atoms with Crippen LogP contribution in [0, 0.1) is 47.4 Å². The Labute approximate surface area is 324 Å². The summed E-state index contributed by atoms with van der Waals surface area (Å²) in [7, 11) is 2.58. The number of imidazole rings is 2. The number of ether oxygens (including phenoxy) is 2. The van der Waals surface area contributed by atoms with Gasteiger partial charge in [0, 0.05) is 23.2 Å². The summed E-state index contributed by atoms with van der Waals surface area (Å²) in [4.78, 5) is 72.0. The van der Waals surface area contributed by atoms with Gasteiger partial charge in [-0.05, 0) is 97.6 Å². The molecule has 56 heavy (non-hydrogen) atoms. The van der Waals surface area contributed by atoms with E-state index in [2.05, 4.69) is 44.3 Å². The number of H-pyrrole nitrogens is 2. The van der Waals surface area contributed by atoms with Crippen molar-refractivity contribution in [2.45, 2.75) is 89.6 Å². The summed E-state index contributed by atoms with van der Waals surface area (Å²) in [5.74, 6) is 14.0. The van der Waals surface area contributed by atoms with Gasteiger partial charge in [-0.25, -0.2) is 19.6 Å². The van der Waals surface area contributed by atoms with Gasteiger partial charge in [0.25, 0.3) is 0 Å². The van der Waals surface area contributed by atoms with Crippen molar-refractivity contribution < 1.29 is 28.7 Å². The van der Waals surface area contributed by atoms with Gasteiger partial charge in [-0.2, -0.15) is 0 Å². The van der Waals surface area contributed by atoms with E-state index >= 15 is 0 Å². The molecule has 4 fully saturated rings. The average Bonchev–Trinajstić information content (AvgIpc) is 3.84. The van der Waals surface area contributed by atoms with Crippen LogP contribution in [-0.4, -0.2) is 92.1 Å². The van der Waals surface area contributed by atoms with Crippen molar-refractivity contribution in [3.05, 3.63) is 59.2 Å². The molecule has 4 aromatic rings. The molecule has 2 aliphatic heterocycles. The highest BCUT2D eigenvalue weighted by atomic mass is 16.5. The molecule has 2 aliphatic carbocycles. The predicted octanol–water partition coefficient (Wildman–Crippen LogP) is 4.93. The maximum Gasteiger partial charge on any atom is 0.407 e. The molecule has 2 unspecified atom stereocenters. The number of piperidine rings is 2. The van der Waals surface area contributed by atoms with E-state index in [1.165, 1.54) is 14.2 Å². The van der Waals surface area contributed by atoms with Gasteiger partial charge < -0.3 is 39.9 Å². The Hall–Kier alpha value is -6.02. The molecule has 4 amide bonds. The SMILES string of the molecule is COC(=O)N[C@H](C(=O)N1C2C[C@@H]2C[C@H]1c1nc2ccc(C#CC#Cc3ccc4nc([C@@H]5C[C@H]6CC6N5C(=O)[C@@H](NC(=O)OC)C(C)C)[nH]c4c3)cc2[nH]1)C(C)C. The van der Waals surface area contributed by atoms with E-state index in [0.29, 0.717) is 11.8 Å². The highest BCUT2D eigenvalue weighted by Crippen LogP contribution is 2.54. The van der Waals surface area contributed by atoms with Gasteiger partial charge in [0.15, 0.2) is 0 Å². The first-order chi connectivity index (χ1) is 26.9. The van der Waals surface area contributed by atoms with Crippen LogP contribution in [0.5, 0.6) is 0 Å². The first-order valence-corrected chi connectivity index (χ1v) is 19.3. The second-order valence-corrected chi connectivity index (χ2v) is 16.0. The summed E-state index contributed by atoms with van der Waals surface area (Å²) in [5, 5.41) is 5.44. The van der Waals surface area contributed by atoms with Crippen LogP contribution >= 0.6 is 0 Å². The highest BCUT2D eigenvalue weighted by Gasteiger charge is 2.57. The smallest absolute Gasteiger partial charge is 0.407 e. The number of hydrogen-bond donors (Lipinski definition) is 4. The molecular formula is C42H46N8O6. The average molecular weight is 759 g/mol. The maximum atomic E-state index is 13.8. The van der Waals surface area contributed by atoms with Gasteiger partial charge in [0.2, 0.25) is 11.8 Å². The van der Waals surface area contributed by atoms with Crippen LogP contribution in [0.4, 0.5) is 9.59 Å². The standard InChI is InChI=1S/C42H46N8O6/c1-21(2)35(47-41(53)55-5)39(51)49-31-17-25(31)19-33(49)37-43-27-13-11-23(15-29(27)45-37)9-7-8-10-24-12-14-28-30(16-24)46-38(44-28)34-20-26-18-32(26)50(34)40(52)36(22(3)4)48-42(54)56-6/h11-16,21-22,25-26,31-36H,17-20H2,1-6H3,(H,43,45)(H,44,46)(H,47,53)(H,48,54)/t25-,26-,31?,32?,33+,34+,35+,36+/m1/s1. The molecule has 14 nitrogen and oxygen atoms in total. The van der Waals surface area contributed by atoms with Gasteiger partial charge >= 0.3 is 12.2 Å². The van der Waals surface area contributed by atoms with E-state index in [1.807, 2.05) is 73.9 Å². The summed E-state index contributed by atoms with van der Waals surface area (Å²) < 4.78 is 9.57. The third-order valence-electron chi connectivity index (χ3n) is 11.6. The molecule has 2 aromatic heterocycles. The second kappa shape index (κ2) is 14.6. The minimum atomic E-state index is -0.692. The van der Waals surface area contributed by atoms with Crippen LogP contribution in [0.1, 0.15) is 88.2 Å². The van der Waals surface area contributed by atoms with E-state index < -0.39 is 24.3 Å². The fourth-order valence-corrected chi connectivity index (χ4v) is 8.49. The molecule has 4 heterocycles. The zero-order chi connectivity index (χ0) is 39.4. The lowest BCUT2D eigenvalue weighted by atomic mass is 10.0. The van der Waals surface area contributed by atoms with Crippen molar-refractivity contribution in [1.29, 1.82) is 0 Å². The summed E-state index contributed by atoms with van der Waals surface area (Å²) >= 11 is 0. The van der Waals surface area contributed by atoms with E-state index in [4.69, 9.17) is 19.4 Å². The van der Waals surface area contributed by atoms with Crippen LogP contribution in [0.3, 0.4) is 0 Å². The quantitative estimate of drug-likeness (QED) is 0.183. The monoisotopic (exact) mass is 758 g/mol. The molecule has 8 rings (SSSR count). The van der Waals surface area contributed by atoms with Crippen molar-refractivity contribution in [1.82, 2.24) is 40.4 Å². The molecule has 0 spiro atoms. The van der Waals surface area contributed by atoms with Crippen molar-refractivity contribution in [2.75, 3.05) is 14.2 Å². The number of aromatic nitrogens is 4. The number of nitrogens with one attached hydrogen (secondary N) is 4. The minimum absolute atomic E-state index is 0.110. The topological polar surface area (TPSA) is 175 Å². The number of aromatic amines is 2. The number of hydrogen-bond acceptors (Lipinski definition) is 8. The largest absolute Gasteiger partial charge is 0.453 e. The molecule has 0 bridgehead atoms. The maximum absolute atomic E-state index is 13.8. The zero-order valence-electron chi connectivity index (χ0n) is 32.3. The Balaban J connectivity index is 0.957. The summed E-state index contributed by atoms with van der Waals surface area (Å²) in [6.07, 6.45) is 2.32. The van der Waals surface area contributed by atoms with Crippen LogP contribution in [0.2, 0.25) is 0 Å². The van der Waals surface area contributed by atoms with Crippen molar-refractivity contribution in [2.24, 2.45) is 23.7 Å². The Kier molecular flexibility index (Phi) is 9.61. The Morgan fingerprint density at radius 2 is 1.09 bits per heavy atom. The summed E-state index contributed by atoms with van der Waals surface area (Å²) in [6.45, 7) is 7.63. The molecule has 4 N–H and O–H groups in total. The molecular weight excluding hydrogens is 713 g/mol. The first-order valence-electron chi connectivity index (χ1n) is 19.3. The van der Waals surface area contributed by atoms with Crippen LogP contribution in [0.25, 0.3) is 22.1 Å². The van der Waals surface area contributed by atoms with E-state index in [1.54, 1.807) is 0 Å². The van der Waals surface area contributed by atoms with Gasteiger partial charge in [-0.3, -0.25) is 9.59 Å². The Bertz CT molecular complexity index is 2200. The Morgan fingerprint density at radius 3 is 1.46 bits per heavy atom. The lowest BCUT2D eigenvalue weighted by molar-refractivity contribution is -0.137.